The van der Waals surface area contributed by atoms with Crippen LogP contribution in [0.15, 0.2) is 0 Å². The van der Waals surface area contributed by atoms with E-state index < -0.39 is 11.2 Å². The summed E-state index contributed by atoms with van der Waals surface area (Å²) in [5.74, 6) is -0.0291. The number of carbonyl (C=O) groups is 1. The Labute approximate surface area is 129 Å². The van der Waals surface area contributed by atoms with Gasteiger partial charge in [0.15, 0.2) is 0 Å². The van der Waals surface area contributed by atoms with E-state index in [1.807, 2.05) is 0 Å². The van der Waals surface area contributed by atoms with Crippen molar-refractivity contribution in [1.82, 2.24) is 21.3 Å². The normalized spacial score (nSPS) is 38.5. The topological polar surface area (TPSA) is 74.4 Å². The molecule has 0 aromatic rings. The second-order valence-electron chi connectivity index (χ2n) is 5.21. The van der Waals surface area contributed by atoms with E-state index in [-0.39, 0.29) is 30.6 Å². The van der Waals surface area contributed by atoms with Crippen molar-refractivity contribution in [2.45, 2.75) is 61.7 Å². The Balaban J connectivity index is 1.79. The van der Waals surface area contributed by atoms with Crippen LogP contribution in [-0.4, -0.2) is 42.6 Å². The van der Waals surface area contributed by atoms with Crippen molar-refractivity contribution < 1.29 is 9.53 Å². The number of hydrogen-bond donors (Lipinski definition) is 4. The molecule has 20 heavy (non-hydrogen) atoms. The molecule has 4 N–H and O–H groups in total. The van der Waals surface area contributed by atoms with Crippen LogP contribution in [0.25, 0.3) is 0 Å². The van der Waals surface area contributed by atoms with Crippen molar-refractivity contribution in [2.24, 2.45) is 0 Å². The number of carbonyl (C=O) groups excluding carboxylic acids is 1. The Kier molecular flexibility index (Phi) is 6.32. The minimum atomic E-state index is -0.446. The van der Waals surface area contributed by atoms with E-state index in [2.05, 4.69) is 21.3 Å². The molecule has 116 valence electrons. The highest BCUT2D eigenvalue weighted by atomic mass is 35.5. The summed E-state index contributed by atoms with van der Waals surface area (Å²) < 4.78 is 5.43. The largest absolute Gasteiger partial charge is 0.379 e. The molecule has 2 rings (SSSR count). The van der Waals surface area contributed by atoms with Crippen LogP contribution >= 0.6 is 23.2 Å². The lowest BCUT2D eigenvalue weighted by atomic mass is 9.92. The number of nitrogens with one attached hydrogen (secondary N) is 4. The Morgan fingerprint density at radius 1 is 1.20 bits per heavy atom. The minimum Gasteiger partial charge on any atom is -0.379 e. The van der Waals surface area contributed by atoms with Gasteiger partial charge in [0, 0.05) is 7.11 Å². The van der Waals surface area contributed by atoms with Gasteiger partial charge in [-0.2, -0.15) is 0 Å². The standard InChI is InChI=1S/C12H22Cl2N4O2/c1-20-8-5-3-2-4-7(8)15-10(19)6-9-16-11(13)18-12(14)17-9/h7-9,11-12,16-18H,2-6H2,1H3,(H,15,19). The number of alkyl halides is 2. The third-order valence-electron chi connectivity index (χ3n) is 3.73. The van der Waals surface area contributed by atoms with Gasteiger partial charge < -0.3 is 10.1 Å². The smallest absolute Gasteiger partial charge is 0.223 e. The first-order chi connectivity index (χ1) is 9.58. The van der Waals surface area contributed by atoms with Gasteiger partial charge >= 0.3 is 0 Å². The molecule has 4 unspecified atom stereocenters. The first kappa shape index (κ1) is 16.3. The van der Waals surface area contributed by atoms with Crippen molar-refractivity contribution in [3.05, 3.63) is 0 Å². The van der Waals surface area contributed by atoms with Gasteiger partial charge in [0.05, 0.1) is 24.7 Å². The number of methoxy groups -OCH3 is 1. The van der Waals surface area contributed by atoms with Crippen LogP contribution in [0.2, 0.25) is 0 Å². The van der Waals surface area contributed by atoms with Crippen molar-refractivity contribution in [3.63, 3.8) is 0 Å². The highest BCUT2D eigenvalue weighted by Crippen LogP contribution is 2.20. The van der Waals surface area contributed by atoms with E-state index >= 15 is 0 Å². The lowest BCUT2D eigenvalue weighted by Gasteiger charge is -2.34. The fourth-order valence-electron chi connectivity index (χ4n) is 2.74. The maximum atomic E-state index is 12.1. The van der Waals surface area contributed by atoms with Crippen LogP contribution in [0.5, 0.6) is 0 Å². The van der Waals surface area contributed by atoms with Crippen molar-refractivity contribution in [2.75, 3.05) is 7.11 Å². The van der Waals surface area contributed by atoms with E-state index in [9.17, 15) is 4.79 Å². The monoisotopic (exact) mass is 324 g/mol. The summed E-state index contributed by atoms with van der Waals surface area (Å²) in [6, 6.07) is 0.0987. The molecule has 0 aromatic heterocycles. The summed E-state index contributed by atoms with van der Waals surface area (Å²) in [4.78, 5) is 12.1. The summed E-state index contributed by atoms with van der Waals surface area (Å²) in [7, 11) is 1.70. The SMILES string of the molecule is COC1CCCCC1NC(=O)CC1NC(Cl)NC(Cl)N1. The maximum Gasteiger partial charge on any atom is 0.223 e. The summed E-state index contributed by atoms with van der Waals surface area (Å²) in [5, 5.41) is 11.9. The molecule has 8 heteroatoms. The molecule has 0 spiro atoms. The van der Waals surface area contributed by atoms with Crippen LogP contribution < -0.4 is 21.3 Å². The lowest BCUT2D eigenvalue weighted by molar-refractivity contribution is -0.124. The first-order valence-corrected chi connectivity index (χ1v) is 7.84. The molecule has 0 bridgehead atoms. The summed E-state index contributed by atoms with van der Waals surface area (Å²) in [5.41, 5.74) is -0.893. The fraction of sp³-hybridized carbons (Fsp3) is 0.917. The molecule has 2 fully saturated rings. The minimum absolute atomic E-state index is 0.0291. The third-order valence-corrected chi connectivity index (χ3v) is 4.23. The van der Waals surface area contributed by atoms with Gasteiger partial charge in [-0.05, 0) is 12.8 Å². The highest BCUT2D eigenvalue weighted by Gasteiger charge is 2.29. The Bertz CT molecular complexity index is 325. The fourth-order valence-corrected chi connectivity index (χ4v) is 3.36. The molecule has 6 nitrogen and oxygen atoms in total. The number of halogens is 2. The van der Waals surface area contributed by atoms with Crippen LogP contribution in [0.4, 0.5) is 0 Å². The van der Waals surface area contributed by atoms with Gasteiger partial charge in [-0.15, -0.1) is 0 Å². The Morgan fingerprint density at radius 2 is 1.85 bits per heavy atom. The second-order valence-corrected chi connectivity index (χ2v) is 6.09. The molecule has 1 aliphatic carbocycles. The van der Waals surface area contributed by atoms with Gasteiger partial charge in [0.25, 0.3) is 0 Å². The number of hydrogen-bond acceptors (Lipinski definition) is 5. The molecule has 1 saturated carbocycles. The highest BCUT2D eigenvalue weighted by molar-refractivity contribution is 6.23. The molecule has 4 atom stereocenters. The van der Waals surface area contributed by atoms with E-state index in [0.29, 0.717) is 0 Å². The van der Waals surface area contributed by atoms with E-state index in [4.69, 9.17) is 27.9 Å². The zero-order valence-corrected chi connectivity index (χ0v) is 13.0. The number of rotatable bonds is 4. The number of ether oxygens (including phenoxy) is 1. The number of amides is 1. The van der Waals surface area contributed by atoms with Gasteiger partial charge in [-0.1, -0.05) is 36.0 Å². The quantitative estimate of drug-likeness (QED) is 0.450. The Morgan fingerprint density at radius 3 is 2.50 bits per heavy atom. The molecular weight excluding hydrogens is 303 g/mol. The van der Waals surface area contributed by atoms with Crippen LogP contribution in [-0.2, 0) is 9.53 Å². The van der Waals surface area contributed by atoms with E-state index in [1.54, 1.807) is 7.11 Å². The van der Waals surface area contributed by atoms with Crippen LogP contribution in [0.1, 0.15) is 32.1 Å². The van der Waals surface area contributed by atoms with Gasteiger partial charge in [0.2, 0.25) is 5.91 Å². The predicted octanol–water partition coefficient (Wildman–Crippen LogP) is 0.604. The molecule has 1 aliphatic heterocycles. The lowest BCUT2D eigenvalue weighted by Crippen LogP contribution is -2.64. The van der Waals surface area contributed by atoms with E-state index in [1.165, 1.54) is 0 Å². The molecule has 1 saturated heterocycles. The zero-order chi connectivity index (χ0) is 14.5. The molecule has 1 amide bonds. The zero-order valence-electron chi connectivity index (χ0n) is 11.5. The molecule has 0 radical (unpaired) electrons. The van der Waals surface area contributed by atoms with Crippen LogP contribution in [0.3, 0.4) is 0 Å². The van der Waals surface area contributed by atoms with Crippen molar-refractivity contribution in [3.8, 4) is 0 Å². The van der Waals surface area contributed by atoms with Gasteiger partial charge in [-0.25, -0.2) is 0 Å². The Hall–Kier alpha value is -0.110. The molecule has 0 aromatic carbocycles. The van der Waals surface area contributed by atoms with Gasteiger partial charge in [-0.3, -0.25) is 20.7 Å². The van der Waals surface area contributed by atoms with E-state index in [0.717, 1.165) is 25.7 Å². The predicted molar refractivity (Wildman–Crippen MR) is 78.3 cm³/mol. The third kappa shape index (κ3) is 4.72. The van der Waals surface area contributed by atoms with Crippen molar-refractivity contribution in [1.29, 1.82) is 0 Å². The average Bonchev–Trinajstić information content (AvgIpc) is 2.37. The molecular formula is C12H22Cl2N4O2. The molecule has 1 heterocycles. The molecule has 2 aliphatic rings. The average molecular weight is 325 g/mol. The summed E-state index contributed by atoms with van der Waals surface area (Å²) in [6.07, 6.45) is 4.40. The van der Waals surface area contributed by atoms with Crippen molar-refractivity contribution >= 4 is 29.1 Å². The second kappa shape index (κ2) is 7.77. The van der Waals surface area contributed by atoms with Crippen LogP contribution in [0, 0.1) is 0 Å². The summed E-state index contributed by atoms with van der Waals surface area (Å²) in [6.45, 7) is 0. The summed E-state index contributed by atoms with van der Waals surface area (Å²) >= 11 is 11.9. The van der Waals surface area contributed by atoms with Gasteiger partial charge in [0.1, 0.15) is 11.2 Å². The first-order valence-electron chi connectivity index (χ1n) is 6.97. The maximum absolute atomic E-state index is 12.1.